The summed E-state index contributed by atoms with van der Waals surface area (Å²) in [5.74, 6) is 0. The lowest BCUT2D eigenvalue weighted by molar-refractivity contribution is 0.379. The van der Waals surface area contributed by atoms with E-state index in [0.717, 1.165) is 19.4 Å². The van der Waals surface area contributed by atoms with Gasteiger partial charge in [0.1, 0.15) is 0 Å². The Balaban J connectivity index is 2.29. The van der Waals surface area contributed by atoms with Crippen LogP contribution in [0.5, 0.6) is 0 Å². The Morgan fingerprint density at radius 1 is 1.29 bits per heavy atom. The van der Waals surface area contributed by atoms with Gasteiger partial charge in [-0.05, 0) is 25.8 Å². The van der Waals surface area contributed by atoms with Crippen LogP contribution in [0, 0.1) is 0 Å². The zero-order valence-electron chi connectivity index (χ0n) is 10.9. The average Bonchev–Trinajstić information content (AvgIpc) is 2.31. The van der Waals surface area contributed by atoms with Crippen molar-refractivity contribution in [3.8, 4) is 0 Å². The molecular weight excluding hydrogens is 238 g/mol. The van der Waals surface area contributed by atoms with E-state index < -0.39 is 10.2 Å². The van der Waals surface area contributed by atoms with E-state index in [1.807, 2.05) is 13.8 Å². The number of hydrogen-bond donors (Lipinski definition) is 2. The van der Waals surface area contributed by atoms with Crippen LogP contribution in [0.3, 0.4) is 0 Å². The fourth-order valence-electron chi connectivity index (χ4n) is 2.19. The van der Waals surface area contributed by atoms with Crippen LogP contribution in [0.2, 0.25) is 0 Å². The molecule has 0 aromatic carbocycles. The molecule has 0 bridgehead atoms. The van der Waals surface area contributed by atoms with Gasteiger partial charge in [0.25, 0.3) is 10.2 Å². The molecule has 0 saturated carbocycles. The van der Waals surface area contributed by atoms with Gasteiger partial charge >= 0.3 is 0 Å². The SMILES string of the molecule is CCN(CC)S(=O)(=O)NCCC1CCCCN1. The maximum atomic E-state index is 11.8. The van der Waals surface area contributed by atoms with E-state index in [-0.39, 0.29) is 0 Å². The molecule has 17 heavy (non-hydrogen) atoms. The largest absolute Gasteiger partial charge is 0.314 e. The highest BCUT2D eigenvalue weighted by molar-refractivity contribution is 7.87. The summed E-state index contributed by atoms with van der Waals surface area (Å²) in [6.07, 6.45) is 4.52. The minimum atomic E-state index is -3.27. The second-order valence-electron chi connectivity index (χ2n) is 4.42. The van der Waals surface area contributed by atoms with Crippen LogP contribution in [0.4, 0.5) is 0 Å². The standard InChI is InChI=1S/C11H25N3O2S/c1-3-14(4-2)17(15,16)13-10-8-11-7-5-6-9-12-11/h11-13H,3-10H2,1-2H3. The molecule has 0 amide bonds. The van der Waals surface area contributed by atoms with E-state index in [1.165, 1.54) is 17.1 Å². The Morgan fingerprint density at radius 3 is 2.53 bits per heavy atom. The van der Waals surface area contributed by atoms with Crippen molar-refractivity contribution in [2.75, 3.05) is 26.2 Å². The van der Waals surface area contributed by atoms with Gasteiger partial charge in [0, 0.05) is 25.7 Å². The summed E-state index contributed by atoms with van der Waals surface area (Å²) in [7, 11) is -3.27. The molecular formula is C11H25N3O2S. The van der Waals surface area contributed by atoms with Gasteiger partial charge in [-0.15, -0.1) is 0 Å². The molecule has 1 aliphatic rings. The van der Waals surface area contributed by atoms with Crippen molar-refractivity contribution < 1.29 is 8.42 Å². The molecule has 0 spiro atoms. The normalized spacial score (nSPS) is 21.9. The molecule has 6 heteroatoms. The number of rotatable bonds is 7. The summed E-state index contributed by atoms with van der Waals surface area (Å²) >= 11 is 0. The summed E-state index contributed by atoms with van der Waals surface area (Å²) in [6, 6.07) is 0.475. The third-order valence-electron chi connectivity index (χ3n) is 3.23. The highest BCUT2D eigenvalue weighted by Gasteiger charge is 2.19. The van der Waals surface area contributed by atoms with E-state index in [4.69, 9.17) is 0 Å². The third kappa shape index (κ3) is 4.91. The maximum absolute atomic E-state index is 11.8. The fraction of sp³-hybridized carbons (Fsp3) is 1.00. The quantitative estimate of drug-likeness (QED) is 0.710. The van der Waals surface area contributed by atoms with Crippen LogP contribution in [0.1, 0.15) is 39.5 Å². The van der Waals surface area contributed by atoms with Gasteiger partial charge < -0.3 is 5.32 Å². The first-order valence-electron chi connectivity index (χ1n) is 6.58. The lowest BCUT2D eigenvalue weighted by Gasteiger charge is -2.24. The van der Waals surface area contributed by atoms with Crippen LogP contribution in [0.15, 0.2) is 0 Å². The van der Waals surface area contributed by atoms with Gasteiger partial charge in [-0.25, -0.2) is 4.72 Å². The summed E-state index contributed by atoms with van der Waals surface area (Å²) in [4.78, 5) is 0. The Morgan fingerprint density at radius 2 is 2.00 bits per heavy atom. The summed E-state index contributed by atoms with van der Waals surface area (Å²) in [6.45, 7) is 6.34. The van der Waals surface area contributed by atoms with Crippen molar-refractivity contribution in [1.82, 2.24) is 14.3 Å². The topological polar surface area (TPSA) is 61.4 Å². The summed E-state index contributed by atoms with van der Waals surface area (Å²) in [5, 5.41) is 3.41. The lowest BCUT2D eigenvalue weighted by atomic mass is 10.0. The molecule has 0 aromatic heterocycles. The zero-order chi connectivity index (χ0) is 12.7. The van der Waals surface area contributed by atoms with E-state index in [1.54, 1.807) is 0 Å². The van der Waals surface area contributed by atoms with Crippen LogP contribution >= 0.6 is 0 Å². The number of hydrogen-bond acceptors (Lipinski definition) is 3. The summed E-state index contributed by atoms with van der Waals surface area (Å²) < 4.78 is 27.8. The van der Waals surface area contributed by atoms with Crippen molar-refractivity contribution in [1.29, 1.82) is 0 Å². The molecule has 1 saturated heterocycles. The molecule has 5 nitrogen and oxygen atoms in total. The smallest absolute Gasteiger partial charge is 0.279 e. The highest BCUT2D eigenvalue weighted by atomic mass is 32.2. The molecule has 102 valence electrons. The fourth-order valence-corrected chi connectivity index (χ4v) is 3.43. The molecule has 0 radical (unpaired) electrons. The minimum Gasteiger partial charge on any atom is -0.314 e. The second kappa shape index (κ2) is 7.31. The number of nitrogens with zero attached hydrogens (tertiary/aromatic N) is 1. The van der Waals surface area contributed by atoms with E-state index in [9.17, 15) is 8.42 Å². The van der Waals surface area contributed by atoms with Crippen molar-refractivity contribution in [2.45, 2.75) is 45.6 Å². The van der Waals surface area contributed by atoms with Crippen molar-refractivity contribution in [3.63, 3.8) is 0 Å². The average molecular weight is 263 g/mol. The third-order valence-corrected chi connectivity index (χ3v) is 5.00. The van der Waals surface area contributed by atoms with E-state index in [2.05, 4.69) is 10.0 Å². The molecule has 1 heterocycles. The lowest BCUT2D eigenvalue weighted by Crippen LogP contribution is -2.43. The molecule has 1 atom stereocenters. The van der Waals surface area contributed by atoms with Gasteiger partial charge in [-0.3, -0.25) is 0 Å². The first-order valence-corrected chi connectivity index (χ1v) is 8.02. The first-order chi connectivity index (χ1) is 8.10. The minimum absolute atomic E-state index is 0.475. The summed E-state index contributed by atoms with van der Waals surface area (Å²) in [5.41, 5.74) is 0. The predicted octanol–water partition coefficient (Wildman–Crippen LogP) is 0.695. The van der Waals surface area contributed by atoms with Gasteiger partial charge in [0.15, 0.2) is 0 Å². The monoisotopic (exact) mass is 263 g/mol. The van der Waals surface area contributed by atoms with Crippen LogP contribution in [-0.2, 0) is 10.2 Å². The Labute approximate surface area is 105 Å². The number of nitrogens with one attached hydrogen (secondary N) is 2. The predicted molar refractivity (Wildman–Crippen MR) is 70.1 cm³/mol. The molecule has 0 aromatic rings. The maximum Gasteiger partial charge on any atom is 0.279 e. The second-order valence-corrected chi connectivity index (χ2v) is 6.17. The molecule has 1 fully saturated rings. The molecule has 2 N–H and O–H groups in total. The zero-order valence-corrected chi connectivity index (χ0v) is 11.7. The molecule has 0 aliphatic carbocycles. The van der Waals surface area contributed by atoms with Gasteiger partial charge in [-0.2, -0.15) is 12.7 Å². The van der Waals surface area contributed by atoms with Crippen LogP contribution < -0.4 is 10.0 Å². The molecule has 1 unspecified atom stereocenters. The van der Waals surface area contributed by atoms with Crippen LogP contribution in [-0.4, -0.2) is 44.9 Å². The van der Waals surface area contributed by atoms with Crippen LogP contribution in [0.25, 0.3) is 0 Å². The Kier molecular flexibility index (Phi) is 6.40. The molecule has 1 aliphatic heterocycles. The van der Waals surface area contributed by atoms with Gasteiger partial charge in [0.05, 0.1) is 0 Å². The first kappa shape index (κ1) is 14.9. The van der Waals surface area contributed by atoms with Crippen molar-refractivity contribution in [3.05, 3.63) is 0 Å². The van der Waals surface area contributed by atoms with Gasteiger partial charge in [0.2, 0.25) is 0 Å². The van der Waals surface area contributed by atoms with Crippen molar-refractivity contribution in [2.24, 2.45) is 0 Å². The molecule has 1 rings (SSSR count). The Hall–Kier alpha value is -0.170. The highest BCUT2D eigenvalue weighted by Crippen LogP contribution is 2.09. The Bertz CT molecular complexity index is 296. The van der Waals surface area contributed by atoms with E-state index in [0.29, 0.717) is 25.7 Å². The van der Waals surface area contributed by atoms with Gasteiger partial charge in [-0.1, -0.05) is 20.3 Å². The van der Waals surface area contributed by atoms with E-state index >= 15 is 0 Å². The van der Waals surface area contributed by atoms with Crippen molar-refractivity contribution >= 4 is 10.2 Å². The number of piperidine rings is 1.